The number of pyridine rings is 1. The number of aliphatic imine (C=N–C) groups is 1. The van der Waals surface area contributed by atoms with Crippen LogP contribution in [0.2, 0.25) is 0 Å². The summed E-state index contributed by atoms with van der Waals surface area (Å²) in [6.07, 6.45) is 3.08. The lowest BCUT2D eigenvalue weighted by Gasteiger charge is -2.19. The Morgan fingerprint density at radius 1 is 1.12 bits per heavy atom. The largest absolute Gasteiger partial charge is 0.494 e. The molecule has 0 aliphatic rings. The average molecular weight is 483 g/mol. The molecule has 2 aromatic heterocycles. The first-order chi connectivity index (χ1) is 15.9. The zero-order chi connectivity index (χ0) is 23.6. The highest BCUT2D eigenvalue weighted by Crippen LogP contribution is 2.28. The highest BCUT2D eigenvalue weighted by molar-refractivity contribution is 7.89. The fraction of sp³-hybridized carbons (Fsp3) is 0.174. The van der Waals surface area contributed by atoms with Gasteiger partial charge in [0.05, 0.1) is 16.1 Å². The molecule has 170 valence electrons. The van der Waals surface area contributed by atoms with E-state index < -0.39 is 15.6 Å². The number of aromatic hydroxyl groups is 1. The molecular weight excluding hydrogens is 460 g/mol. The molecule has 2 heterocycles. The molecule has 0 saturated carbocycles. The van der Waals surface area contributed by atoms with Crippen LogP contribution in [-0.4, -0.2) is 46.7 Å². The number of aromatic nitrogens is 2. The predicted octanol–water partition coefficient (Wildman–Crippen LogP) is 3.93. The first kappa shape index (κ1) is 22.8. The van der Waals surface area contributed by atoms with Crippen molar-refractivity contribution in [1.82, 2.24) is 13.9 Å². The molecule has 0 bridgehead atoms. The fourth-order valence-electron chi connectivity index (χ4n) is 3.62. The topological polar surface area (TPSA) is 105 Å². The summed E-state index contributed by atoms with van der Waals surface area (Å²) in [7, 11) is -3.75. The maximum Gasteiger partial charge on any atom is 0.265 e. The van der Waals surface area contributed by atoms with Crippen LogP contribution in [0.5, 0.6) is 5.88 Å². The van der Waals surface area contributed by atoms with Gasteiger partial charge in [0.2, 0.25) is 21.0 Å². The number of fused-ring (bicyclic) bond motifs is 1. The Morgan fingerprint density at radius 2 is 1.85 bits per heavy atom. The van der Waals surface area contributed by atoms with E-state index in [0.29, 0.717) is 34.6 Å². The minimum atomic E-state index is -3.75. The molecule has 1 N–H and O–H groups in total. The van der Waals surface area contributed by atoms with Crippen LogP contribution in [0.15, 0.2) is 74.8 Å². The van der Waals surface area contributed by atoms with Crippen molar-refractivity contribution in [3.63, 3.8) is 0 Å². The summed E-state index contributed by atoms with van der Waals surface area (Å²) < 4.78 is 28.5. The molecule has 2 aromatic carbocycles. The summed E-state index contributed by atoms with van der Waals surface area (Å²) in [6, 6.07) is 12.9. The number of sulfonamides is 1. The molecule has 10 heteroatoms. The van der Waals surface area contributed by atoms with Crippen molar-refractivity contribution in [1.29, 1.82) is 0 Å². The molecule has 0 amide bonds. The lowest BCUT2D eigenvalue weighted by molar-refractivity contribution is 0.435. The Hall–Kier alpha value is -3.34. The monoisotopic (exact) mass is 482 g/mol. The van der Waals surface area contributed by atoms with Crippen LogP contribution in [0.1, 0.15) is 19.4 Å². The highest BCUT2D eigenvalue weighted by Gasteiger charge is 2.23. The van der Waals surface area contributed by atoms with Gasteiger partial charge in [-0.3, -0.25) is 4.79 Å². The van der Waals surface area contributed by atoms with Crippen molar-refractivity contribution in [2.24, 2.45) is 4.99 Å². The first-order valence-corrected chi connectivity index (χ1v) is 12.6. The highest BCUT2D eigenvalue weighted by atomic mass is 32.2. The summed E-state index contributed by atoms with van der Waals surface area (Å²) in [5, 5.41) is 14.3. The van der Waals surface area contributed by atoms with Gasteiger partial charge < -0.3 is 5.11 Å². The quantitative estimate of drug-likeness (QED) is 0.402. The van der Waals surface area contributed by atoms with Crippen molar-refractivity contribution in [3.05, 3.63) is 76.0 Å². The molecule has 0 unspecified atom stereocenters. The molecule has 33 heavy (non-hydrogen) atoms. The maximum atomic E-state index is 13.3. The summed E-state index contributed by atoms with van der Waals surface area (Å²) in [4.78, 5) is 21.8. The Labute approximate surface area is 195 Å². The molecule has 0 spiro atoms. The van der Waals surface area contributed by atoms with E-state index in [-0.39, 0.29) is 16.5 Å². The zero-order valence-corrected chi connectivity index (χ0v) is 19.7. The zero-order valence-electron chi connectivity index (χ0n) is 18.0. The molecule has 4 rings (SSSR count). The number of nitrogens with zero attached hydrogens (tertiary/aromatic N) is 4. The minimum absolute atomic E-state index is 0.0427. The molecule has 8 nitrogen and oxygen atoms in total. The normalized spacial score (nSPS) is 12.2. The number of hydrogen-bond acceptors (Lipinski definition) is 7. The van der Waals surface area contributed by atoms with Gasteiger partial charge in [0, 0.05) is 41.7 Å². The smallest absolute Gasteiger partial charge is 0.265 e. The van der Waals surface area contributed by atoms with E-state index in [0.717, 1.165) is 4.57 Å². The summed E-state index contributed by atoms with van der Waals surface area (Å²) in [5.74, 6) is -0.337. The van der Waals surface area contributed by atoms with Gasteiger partial charge in [-0.05, 0) is 24.3 Å². The van der Waals surface area contributed by atoms with Gasteiger partial charge in [-0.25, -0.2) is 23.0 Å². The summed E-state index contributed by atoms with van der Waals surface area (Å²) >= 11 is 1.34. The van der Waals surface area contributed by atoms with Crippen molar-refractivity contribution in [3.8, 4) is 11.6 Å². The van der Waals surface area contributed by atoms with Gasteiger partial charge in [-0.15, -0.1) is 11.3 Å². The number of rotatable bonds is 7. The molecular formula is C23H22N4O4S2. The molecule has 0 aliphatic carbocycles. The lowest BCUT2D eigenvalue weighted by atomic mass is 10.1. The fourth-order valence-corrected chi connectivity index (χ4v) is 5.60. The maximum absolute atomic E-state index is 13.3. The second-order valence-electron chi connectivity index (χ2n) is 7.08. The van der Waals surface area contributed by atoms with Crippen LogP contribution < -0.4 is 5.56 Å². The van der Waals surface area contributed by atoms with Gasteiger partial charge in [0.1, 0.15) is 0 Å². The van der Waals surface area contributed by atoms with E-state index in [1.807, 2.05) is 0 Å². The predicted molar refractivity (Wildman–Crippen MR) is 131 cm³/mol. The van der Waals surface area contributed by atoms with Gasteiger partial charge in [-0.1, -0.05) is 38.1 Å². The average Bonchev–Trinajstić information content (AvgIpc) is 3.34. The van der Waals surface area contributed by atoms with E-state index >= 15 is 0 Å². The third-order valence-electron chi connectivity index (χ3n) is 5.25. The second-order valence-corrected chi connectivity index (χ2v) is 9.89. The van der Waals surface area contributed by atoms with Gasteiger partial charge in [0.25, 0.3) is 5.56 Å². The first-order valence-electron chi connectivity index (χ1n) is 10.3. The van der Waals surface area contributed by atoms with Gasteiger partial charge in [-0.2, -0.15) is 4.31 Å². The van der Waals surface area contributed by atoms with Crippen molar-refractivity contribution >= 4 is 43.5 Å². The van der Waals surface area contributed by atoms with Crippen LogP contribution in [-0.2, 0) is 10.0 Å². The number of thiazole rings is 1. The number of hydrogen-bond donors (Lipinski definition) is 1. The second kappa shape index (κ2) is 9.26. The Balaban J connectivity index is 1.95. The molecule has 0 atom stereocenters. The van der Waals surface area contributed by atoms with Gasteiger partial charge in [0.15, 0.2) is 0 Å². The van der Waals surface area contributed by atoms with Crippen LogP contribution >= 0.6 is 11.3 Å². The standard InChI is InChI=1S/C23H22N4O4S2/c1-3-26(4-2)33(30,31)17-9-7-8-16(14-17)27-21(28)19-11-6-5-10-18(19)20(22(27)29)15-25-23-24-12-13-32-23/h5-15,29H,3-4H2,1-2H3/b25-15+. The van der Waals surface area contributed by atoms with Gasteiger partial charge >= 0.3 is 0 Å². The van der Waals surface area contributed by atoms with Crippen LogP contribution in [0.4, 0.5) is 5.13 Å². The van der Waals surface area contributed by atoms with E-state index in [2.05, 4.69) is 9.98 Å². The molecule has 0 radical (unpaired) electrons. The Bertz CT molecular complexity index is 1490. The molecule has 0 saturated heterocycles. The molecule has 0 fully saturated rings. The number of benzene rings is 2. The third kappa shape index (κ3) is 4.20. The van der Waals surface area contributed by atoms with Crippen molar-refractivity contribution in [2.45, 2.75) is 18.7 Å². The molecule has 4 aromatic rings. The van der Waals surface area contributed by atoms with E-state index in [1.54, 1.807) is 61.8 Å². The van der Waals surface area contributed by atoms with E-state index in [1.165, 1.54) is 34.0 Å². The van der Waals surface area contributed by atoms with Crippen molar-refractivity contribution < 1.29 is 13.5 Å². The molecule has 0 aliphatic heterocycles. The van der Waals surface area contributed by atoms with Crippen LogP contribution in [0.3, 0.4) is 0 Å². The Morgan fingerprint density at radius 3 is 2.52 bits per heavy atom. The van der Waals surface area contributed by atoms with E-state index in [4.69, 9.17) is 0 Å². The van der Waals surface area contributed by atoms with E-state index in [9.17, 15) is 18.3 Å². The van der Waals surface area contributed by atoms with Crippen molar-refractivity contribution in [2.75, 3.05) is 13.1 Å². The van der Waals surface area contributed by atoms with Crippen LogP contribution in [0, 0.1) is 0 Å². The Kier molecular flexibility index (Phi) is 6.41. The minimum Gasteiger partial charge on any atom is -0.494 e. The SMILES string of the molecule is CCN(CC)S(=O)(=O)c1cccc(-n2c(O)c(/C=N/c3nccs3)c3ccccc3c2=O)c1. The third-order valence-corrected chi connectivity index (χ3v) is 7.97. The summed E-state index contributed by atoms with van der Waals surface area (Å²) in [6.45, 7) is 4.17. The lowest BCUT2D eigenvalue weighted by Crippen LogP contribution is -2.30. The van der Waals surface area contributed by atoms with Crippen LogP contribution in [0.25, 0.3) is 16.5 Å². The summed E-state index contributed by atoms with van der Waals surface area (Å²) in [5.41, 5.74) is 0.102.